The molecule has 1 aromatic rings. The smallest absolute Gasteiger partial charge is 0.229 e. The number of allylic oxidation sites excluding steroid dienone is 1. The first kappa shape index (κ1) is 15.3. The van der Waals surface area contributed by atoms with Gasteiger partial charge in [-0.25, -0.2) is 0 Å². The quantitative estimate of drug-likeness (QED) is 0.617. The molecule has 1 aliphatic rings. The van der Waals surface area contributed by atoms with Gasteiger partial charge in [0.2, 0.25) is 5.91 Å². The molecule has 112 valence electrons. The first-order valence-corrected chi connectivity index (χ1v) is 7.25. The minimum Gasteiger partial charge on any atom is -0.383 e. The van der Waals surface area contributed by atoms with Crippen LogP contribution in [0.4, 0.5) is 5.69 Å². The van der Waals surface area contributed by atoms with Crippen LogP contribution < -0.4 is 4.90 Å². The normalized spacial score (nSPS) is 14.8. The van der Waals surface area contributed by atoms with Gasteiger partial charge < -0.3 is 9.80 Å². The van der Waals surface area contributed by atoms with Crippen LogP contribution in [0.15, 0.2) is 36.5 Å². The zero-order chi connectivity index (χ0) is 15.4. The lowest BCUT2D eigenvalue weighted by Crippen LogP contribution is -2.36. The standard InChI is InChI=1S/C17H22N2O2/c1-18(2)11-10-16(20)14-8-5-9-15(12-14)19(3)17(21)13-6-4-7-13/h5,8-13H,4,6-7H2,1-3H3/b11-10+. The fourth-order valence-corrected chi connectivity index (χ4v) is 2.24. The molecule has 0 radical (unpaired) electrons. The van der Waals surface area contributed by atoms with E-state index in [1.165, 1.54) is 6.08 Å². The van der Waals surface area contributed by atoms with Gasteiger partial charge in [-0.1, -0.05) is 18.6 Å². The molecule has 4 nitrogen and oxygen atoms in total. The fourth-order valence-electron chi connectivity index (χ4n) is 2.24. The maximum atomic E-state index is 12.2. The molecule has 1 aliphatic carbocycles. The van der Waals surface area contributed by atoms with Crippen molar-refractivity contribution in [1.29, 1.82) is 0 Å². The Labute approximate surface area is 126 Å². The van der Waals surface area contributed by atoms with Crippen LogP contribution in [0, 0.1) is 5.92 Å². The zero-order valence-electron chi connectivity index (χ0n) is 12.9. The van der Waals surface area contributed by atoms with Crippen LogP contribution in [0.1, 0.15) is 29.6 Å². The molecule has 0 N–H and O–H groups in total. The summed E-state index contributed by atoms with van der Waals surface area (Å²) >= 11 is 0. The minimum absolute atomic E-state index is 0.0601. The Morgan fingerprint density at radius 3 is 2.48 bits per heavy atom. The third-order valence-electron chi connectivity index (χ3n) is 3.83. The Kier molecular flexibility index (Phi) is 4.78. The maximum Gasteiger partial charge on any atom is 0.229 e. The first-order valence-electron chi connectivity index (χ1n) is 7.25. The summed E-state index contributed by atoms with van der Waals surface area (Å²) in [6.45, 7) is 0. The Bertz CT molecular complexity index is 560. The van der Waals surface area contributed by atoms with Crippen molar-refractivity contribution in [3.05, 3.63) is 42.1 Å². The van der Waals surface area contributed by atoms with E-state index in [1.54, 1.807) is 30.3 Å². The van der Waals surface area contributed by atoms with Crippen LogP contribution >= 0.6 is 0 Å². The molecule has 0 unspecified atom stereocenters. The summed E-state index contributed by atoms with van der Waals surface area (Å²) in [5, 5.41) is 0. The predicted molar refractivity (Wildman–Crippen MR) is 84.4 cm³/mol. The van der Waals surface area contributed by atoms with Gasteiger partial charge in [0, 0.05) is 50.6 Å². The third-order valence-corrected chi connectivity index (χ3v) is 3.83. The van der Waals surface area contributed by atoms with E-state index >= 15 is 0 Å². The monoisotopic (exact) mass is 286 g/mol. The van der Waals surface area contributed by atoms with Gasteiger partial charge in [0.05, 0.1) is 0 Å². The van der Waals surface area contributed by atoms with Crippen molar-refractivity contribution < 1.29 is 9.59 Å². The summed E-state index contributed by atoms with van der Waals surface area (Å²) in [4.78, 5) is 27.8. The number of rotatable bonds is 5. The van der Waals surface area contributed by atoms with Crippen molar-refractivity contribution in [2.75, 3.05) is 26.0 Å². The Hall–Kier alpha value is -2.10. The Balaban J connectivity index is 2.13. The van der Waals surface area contributed by atoms with Crippen LogP contribution in [-0.4, -0.2) is 37.7 Å². The highest BCUT2D eigenvalue weighted by atomic mass is 16.2. The van der Waals surface area contributed by atoms with Gasteiger partial charge in [-0.3, -0.25) is 9.59 Å². The van der Waals surface area contributed by atoms with E-state index < -0.39 is 0 Å². The van der Waals surface area contributed by atoms with Gasteiger partial charge in [0.1, 0.15) is 0 Å². The highest BCUT2D eigenvalue weighted by Crippen LogP contribution is 2.29. The average molecular weight is 286 g/mol. The second-order valence-corrected chi connectivity index (χ2v) is 5.72. The first-order chi connectivity index (χ1) is 9.99. The van der Waals surface area contributed by atoms with Crippen molar-refractivity contribution >= 4 is 17.4 Å². The van der Waals surface area contributed by atoms with E-state index in [9.17, 15) is 9.59 Å². The Morgan fingerprint density at radius 2 is 1.90 bits per heavy atom. The molecular weight excluding hydrogens is 264 g/mol. The van der Waals surface area contributed by atoms with Crippen LogP contribution in [0.3, 0.4) is 0 Å². The fraction of sp³-hybridized carbons (Fsp3) is 0.412. The number of hydrogen-bond acceptors (Lipinski definition) is 3. The number of hydrogen-bond donors (Lipinski definition) is 0. The lowest BCUT2D eigenvalue weighted by atomic mass is 9.84. The number of amides is 1. The van der Waals surface area contributed by atoms with Crippen molar-refractivity contribution in [2.24, 2.45) is 5.92 Å². The number of nitrogens with zero attached hydrogens (tertiary/aromatic N) is 2. The molecule has 2 rings (SSSR count). The van der Waals surface area contributed by atoms with Gasteiger partial charge in [0.15, 0.2) is 5.78 Å². The molecule has 1 fully saturated rings. The van der Waals surface area contributed by atoms with E-state index in [1.807, 2.05) is 31.1 Å². The van der Waals surface area contributed by atoms with Gasteiger partial charge >= 0.3 is 0 Å². The summed E-state index contributed by atoms with van der Waals surface area (Å²) in [5.41, 5.74) is 1.37. The summed E-state index contributed by atoms with van der Waals surface area (Å²) < 4.78 is 0. The SMILES string of the molecule is CN(C)/C=C/C(=O)c1cccc(N(C)C(=O)C2CCC2)c1. The molecule has 0 saturated heterocycles. The second kappa shape index (κ2) is 6.57. The summed E-state index contributed by atoms with van der Waals surface area (Å²) in [6, 6.07) is 7.23. The van der Waals surface area contributed by atoms with Gasteiger partial charge in [-0.2, -0.15) is 0 Å². The molecule has 4 heteroatoms. The molecule has 1 aromatic carbocycles. The third kappa shape index (κ3) is 3.72. The maximum absolute atomic E-state index is 12.2. The molecule has 0 aliphatic heterocycles. The van der Waals surface area contributed by atoms with Gasteiger partial charge in [-0.15, -0.1) is 0 Å². The summed E-state index contributed by atoms with van der Waals surface area (Å²) in [6.07, 6.45) is 6.35. The topological polar surface area (TPSA) is 40.6 Å². The number of carbonyl (C=O) groups excluding carboxylic acids is 2. The number of carbonyl (C=O) groups is 2. The molecule has 0 atom stereocenters. The lowest BCUT2D eigenvalue weighted by molar-refractivity contribution is -0.124. The summed E-state index contributed by atoms with van der Waals surface area (Å²) in [5.74, 6) is 0.243. The zero-order valence-corrected chi connectivity index (χ0v) is 12.9. The highest BCUT2D eigenvalue weighted by Gasteiger charge is 2.28. The van der Waals surface area contributed by atoms with Crippen molar-refractivity contribution in [1.82, 2.24) is 4.90 Å². The van der Waals surface area contributed by atoms with E-state index in [0.29, 0.717) is 5.56 Å². The molecular formula is C17H22N2O2. The Morgan fingerprint density at radius 1 is 1.19 bits per heavy atom. The van der Waals surface area contributed by atoms with Crippen LogP contribution in [-0.2, 0) is 4.79 Å². The molecule has 0 heterocycles. The van der Waals surface area contributed by atoms with Crippen LogP contribution in [0.2, 0.25) is 0 Å². The van der Waals surface area contributed by atoms with E-state index in [0.717, 1.165) is 24.9 Å². The highest BCUT2D eigenvalue weighted by molar-refractivity contribution is 6.05. The number of ketones is 1. The molecule has 0 aromatic heterocycles. The van der Waals surface area contributed by atoms with E-state index in [-0.39, 0.29) is 17.6 Å². The van der Waals surface area contributed by atoms with Crippen LogP contribution in [0.25, 0.3) is 0 Å². The van der Waals surface area contributed by atoms with E-state index in [2.05, 4.69) is 0 Å². The van der Waals surface area contributed by atoms with Crippen LogP contribution in [0.5, 0.6) is 0 Å². The van der Waals surface area contributed by atoms with Crippen molar-refractivity contribution in [3.8, 4) is 0 Å². The molecule has 1 saturated carbocycles. The molecule has 1 amide bonds. The summed E-state index contributed by atoms with van der Waals surface area (Å²) in [7, 11) is 5.51. The number of benzene rings is 1. The van der Waals surface area contributed by atoms with Gasteiger partial charge in [0.25, 0.3) is 0 Å². The average Bonchev–Trinajstić information content (AvgIpc) is 2.42. The second-order valence-electron chi connectivity index (χ2n) is 5.72. The minimum atomic E-state index is -0.0601. The predicted octanol–water partition coefficient (Wildman–Crippen LogP) is 2.71. The van der Waals surface area contributed by atoms with Crippen molar-refractivity contribution in [2.45, 2.75) is 19.3 Å². The van der Waals surface area contributed by atoms with Gasteiger partial charge in [-0.05, 0) is 25.0 Å². The lowest BCUT2D eigenvalue weighted by Gasteiger charge is -2.29. The number of anilines is 1. The van der Waals surface area contributed by atoms with E-state index in [4.69, 9.17) is 0 Å². The molecule has 21 heavy (non-hydrogen) atoms. The molecule has 0 spiro atoms. The van der Waals surface area contributed by atoms with Crippen molar-refractivity contribution in [3.63, 3.8) is 0 Å². The molecule has 0 bridgehead atoms. The largest absolute Gasteiger partial charge is 0.383 e.